The Balaban J connectivity index is 2.23. The zero-order valence-electron chi connectivity index (χ0n) is 10.3. The first-order valence-electron chi connectivity index (χ1n) is 5.76. The molecule has 1 rings (SSSR count). The number of aliphatic hydroxyl groups is 1. The molecule has 1 aromatic carbocycles. The summed E-state index contributed by atoms with van der Waals surface area (Å²) in [5.74, 6) is 0.833. The molecule has 0 aliphatic rings. The van der Waals surface area contributed by atoms with E-state index in [1.165, 1.54) is 0 Å². The van der Waals surface area contributed by atoms with Crippen molar-refractivity contribution in [1.82, 2.24) is 0 Å². The van der Waals surface area contributed by atoms with Crippen LogP contribution in [0.3, 0.4) is 0 Å². The lowest BCUT2D eigenvalue weighted by atomic mass is 10.2. The molecule has 1 N–H and O–H groups in total. The maximum Gasteiger partial charge on any atom is 0.118 e. The first-order chi connectivity index (χ1) is 8.26. The molecule has 0 fully saturated rings. The van der Waals surface area contributed by atoms with E-state index in [9.17, 15) is 5.11 Å². The molecule has 0 amide bonds. The summed E-state index contributed by atoms with van der Waals surface area (Å²) in [7, 11) is 1.64. The van der Waals surface area contributed by atoms with Crippen molar-refractivity contribution >= 4 is 0 Å². The Kier molecular flexibility index (Phi) is 6.37. The minimum atomic E-state index is -0.411. The lowest BCUT2D eigenvalue weighted by Crippen LogP contribution is -2.14. The smallest absolute Gasteiger partial charge is 0.118 e. The Morgan fingerprint density at radius 2 is 2.06 bits per heavy atom. The van der Waals surface area contributed by atoms with Crippen LogP contribution in [-0.2, 0) is 11.3 Å². The number of methoxy groups -OCH3 is 1. The highest BCUT2D eigenvalue weighted by Gasteiger charge is 2.03. The van der Waals surface area contributed by atoms with Crippen molar-refractivity contribution in [2.75, 3.05) is 13.7 Å². The van der Waals surface area contributed by atoms with E-state index < -0.39 is 6.10 Å². The fraction of sp³-hybridized carbons (Fsp3) is 0.429. The molecule has 3 heteroatoms. The first-order valence-corrected chi connectivity index (χ1v) is 5.76. The minimum Gasteiger partial charge on any atom is -0.497 e. The maximum atomic E-state index is 9.55. The van der Waals surface area contributed by atoms with E-state index in [0.29, 0.717) is 19.6 Å². The number of hydrogen-bond acceptors (Lipinski definition) is 3. The van der Waals surface area contributed by atoms with E-state index in [-0.39, 0.29) is 0 Å². The molecular weight excluding hydrogens is 216 g/mol. The largest absolute Gasteiger partial charge is 0.497 e. The second-order valence-corrected chi connectivity index (χ2v) is 3.88. The molecule has 0 aromatic heterocycles. The van der Waals surface area contributed by atoms with Gasteiger partial charge in [-0.3, -0.25) is 0 Å². The van der Waals surface area contributed by atoms with Crippen LogP contribution < -0.4 is 4.74 Å². The van der Waals surface area contributed by atoms with Gasteiger partial charge in [-0.25, -0.2) is 0 Å². The van der Waals surface area contributed by atoms with Crippen molar-refractivity contribution in [3.05, 3.63) is 42.5 Å². The Labute approximate surface area is 103 Å². The summed E-state index contributed by atoms with van der Waals surface area (Å²) >= 11 is 0. The molecule has 0 aliphatic carbocycles. The number of aliphatic hydroxyl groups excluding tert-OH is 1. The molecule has 0 heterocycles. The summed E-state index contributed by atoms with van der Waals surface area (Å²) in [6.07, 6.45) is 2.90. The normalized spacial score (nSPS) is 12.1. The van der Waals surface area contributed by atoms with Crippen LogP contribution in [-0.4, -0.2) is 24.9 Å². The Bertz CT molecular complexity index is 319. The highest BCUT2D eigenvalue weighted by molar-refractivity contribution is 5.26. The Hall–Kier alpha value is -1.32. The van der Waals surface area contributed by atoms with Crippen molar-refractivity contribution in [1.29, 1.82) is 0 Å². The minimum absolute atomic E-state index is 0.361. The molecule has 0 bridgehead atoms. The zero-order valence-corrected chi connectivity index (χ0v) is 10.3. The van der Waals surface area contributed by atoms with Crippen LogP contribution >= 0.6 is 0 Å². The summed E-state index contributed by atoms with van der Waals surface area (Å²) in [4.78, 5) is 0. The van der Waals surface area contributed by atoms with E-state index in [1.807, 2.05) is 24.3 Å². The third-order valence-corrected chi connectivity index (χ3v) is 2.44. The molecule has 1 aromatic rings. The van der Waals surface area contributed by atoms with Gasteiger partial charge in [0.15, 0.2) is 0 Å². The van der Waals surface area contributed by atoms with Gasteiger partial charge in [-0.2, -0.15) is 0 Å². The van der Waals surface area contributed by atoms with Gasteiger partial charge >= 0.3 is 0 Å². The summed E-state index contributed by atoms with van der Waals surface area (Å²) < 4.78 is 10.5. The van der Waals surface area contributed by atoms with Gasteiger partial charge in [-0.1, -0.05) is 18.2 Å². The third-order valence-electron chi connectivity index (χ3n) is 2.44. The summed E-state index contributed by atoms with van der Waals surface area (Å²) in [6, 6.07) is 7.70. The number of rotatable bonds is 8. The first kappa shape index (κ1) is 13.7. The molecule has 0 spiro atoms. The van der Waals surface area contributed by atoms with E-state index in [1.54, 1.807) is 13.2 Å². The predicted molar refractivity (Wildman–Crippen MR) is 68.1 cm³/mol. The average molecular weight is 236 g/mol. The van der Waals surface area contributed by atoms with Crippen LogP contribution in [0.4, 0.5) is 0 Å². The lowest BCUT2D eigenvalue weighted by molar-refractivity contribution is 0.0250. The molecule has 94 valence electrons. The highest BCUT2D eigenvalue weighted by Crippen LogP contribution is 2.12. The quantitative estimate of drug-likeness (QED) is 0.705. The van der Waals surface area contributed by atoms with E-state index >= 15 is 0 Å². The molecule has 17 heavy (non-hydrogen) atoms. The monoisotopic (exact) mass is 236 g/mol. The van der Waals surface area contributed by atoms with Gasteiger partial charge in [0.25, 0.3) is 0 Å². The molecule has 3 nitrogen and oxygen atoms in total. The maximum absolute atomic E-state index is 9.55. The van der Waals surface area contributed by atoms with Crippen molar-refractivity contribution in [2.24, 2.45) is 0 Å². The Morgan fingerprint density at radius 3 is 2.65 bits per heavy atom. The fourth-order valence-electron chi connectivity index (χ4n) is 1.43. The van der Waals surface area contributed by atoms with Crippen LogP contribution in [0.5, 0.6) is 5.75 Å². The van der Waals surface area contributed by atoms with Gasteiger partial charge in [0.2, 0.25) is 0 Å². The SMILES string of the molecule is C=CCC[C@@H](O)COCc1ccc(OC)cc1. The molecule has 1 atom stereocenters. The highest BCUT2D eigenvalue weighted by atomic mass is 16.5. The molecular formula is C14H20O3. The Morgan fingerprint density at radius 1 is 1.35 bits per heavy atom. The summed E-state index contributed by atoms with van der Waals surface area (Å²) in [5, 5.41) is 9.55. The van der Waals surface area contributed by atoms with E-state index in [4.69, 9.17) is 9.47 Å². The number of ether oxygens (including phenoxy) is 2. The van der Waals surface area contributed by atoms with Crippen LogP contribution in [0.15, 0.2) is 36.9 Å². The zero-order chi connectivity index (χ0) is 12.5. The van der Waals surface area contributed by atoms with Gasteiger partial charge in [0, 0.05) is 0 Å². The van der Waals surface area contributed by atoms with Crippen molar-refractivity contribution in [2.45, 2.75) is 25.6 Å². The van der Waals surface area contributed by atoms with Gasteiger partial charge in [0.1, 0.15) is 5.75 Å². The van der Waals surface area contributed by atoms with Crippen LogP contribution in [0.2, 0.25) is 0 Å². The second kappa shape index (κ2) is 7.87. The third kappa shape index (κ3) is 5.52. The number of benzene rings is 1. The molecule has 0 aliphatic heterocycles. The average Bonchev–Trinajstić information content (AvgIpc) is 2.37. The van der Waals surface area contributed by atoms with Gasteiger partial charge in [0.05, 0.1) is 26.4 Å². The second-order valence-electron chi connectivity index (χ2n) is 3.88. The molecule has 0 saturated carbocycles. The van der Waals surface area contributed by atoms with Gasteiger partial charge < -0.3 is 14.6 Å². The number of hydrogen-bond donors (Lipinski definition) is 1. The summed E-state index contributed by atoms with van der Waals surface area (Å²) in [6.45, 7) is 4.48. The number of allylic oxidation sites excluding steroid dienone is 1. The van der Waals surface area contributed by atoms with Gasteiger partial charge in [-0.15, -0.1) is 6.58 Å². The molecule has 0 saturated heterocycles. The van der Waals surface area contributed by atoms with Crippen LogP contribution in [0, 0.1) is 0 Å². The predicted octanol–water partition coefficient (Wildman–Crippen LogP) is 2.54. The van der Waals surface area contributed by atoms with Crippen molar-refractivity contribution < 1.29 is 14.6 Å². The van der Waals surface area contributed by atoms with Crippen LogP contribution in [0.25, 0.3) is 0 Å². The van der Waals surface area contributed by atoms with E-state index in [2.05, 4.69) is 6.58 Å². The van der Waals surface area contributed by atoms with Gasteiger partial charge in [-0.05, 0) is 30.5 Å². The van der Waals surface area contributed by atoms with Crippen molar-refractivity contribution in [3.8, 4) is 5.75 Å². The molecule has 0 unspecified atom stereocenters. The molecule has 0 radical (unpaired) electrons. The topological polar surface area (TPSA) is 38.7 Å². The summed E-state index contributed by atoms with van der Waals surface area (Å²) in [5.41, 5.74) is 1.07. The van der Waals surface area contributed by atoms with E-state index in [0.717, 1.165) is 17.7 Å². The lowest BCUT2D eigenvalue weighted by Gasteiger charge is -2.10. The van der Waals surface area contributed by atoms with Crippen molar-refractivity contribution in [3.63, 3.8) is 0 Å². The van der Waals surface area contributed by atoms with Crippen LogP contribution in [0.1, 0.15) is 18.4 Å². The fourth-order valence-corrected chi connectivity index (χ4v) is 1.43. The standard InChI is InChI=1S/C14H20O3/c1-3-4-5-13(15)11-17-10-12-6-8-14(16-2)9-7-12/h3,6-9,13,15H,1,4-5,10-11H2,2H3/t13-/m1/s1.